The fraction of sp³-hybridized carbons (Fsp3) is 0.438. The van der Waals surface area contributed by atoms with Crippen molar-refractivity contribution >= 4 is 21.6 Å². The van der Waals surface area contributed by atoms with Crippen molar-refractivity contribution in [3.8, 4) is 5.69 Å². The number of carboxylic acids is 1. The molecule has 1 aromatic heterocycles. The van der Waals surface area contributed by atoms with Gasteiger partial charge in [0.1, 0.15) is 0 Å². The first-order valence-corrected chi connectivity index (χ1v) is 9.86. The third kappa shape index (κ3) is 3.37. The largest absolute Gasteiger partial charge is 0.476 e. The van der Waals surface area contributed by atoms with Crippen molar-refractivity contribution in [3.63, 3.8) is 0 Å². The third-order valence-corrected chi connectivity index (χ3v) is 6.23. The summed E-state index contributed by atoms with van der Waals surface area (Å²) in [7, 11) is -1.42. The van der Waals surface area contributed by atoms with E-state index in [9.17, 15) is 18.3 Å². The lowest BCUT2D eigenvalue weighted by Gasteiger charge is -2.22. The molecule has 1 aromatic carbocycles. The Hall–Kier alpha value is -2.42. The van der Waals surface area contributed by atoms with Gasteiger partial charge in [-0.15, -0.1) is 15.0 Å². The number of para-hydroxylation sites is 1. The van der Waals surface area contributed by atoms with Crippen molar-refractivity contribution < 1.29 is 18.3 Å². The maximum Gasteiger partial charge on any atom is 0.360 e. The molecule has 1 aliphatic heterocycles. The van der Waals surface area contributed by atoms with E-state index in [1.54, 1.807) is 11.9 Å². The van der Waals surface area contributed by atoms with E-state index in [2.05, 4.69) is 10.2 Å². The van der Waals surface area contributed by atoms with Gasteiger partial charge in [0.05, 0.1) is 17.2 Å². The van der Waals surface area contributed by atoms with E-state index >= 15 is 0 Å². The van der Waals surface area contributed by atoms with Gasteiger partial charge in [-0.25, -0.2) is 13.2 Å². The van der Waals surface area contributed by atoms with Crippen molar-refractivity contribution in [3.05, 3.63) is 35.5 Å². The highest BCUT2D eigenvalue weighted by Gasteiger charge is 2.34. The normalized spacial score (nSPS) is 19.0. The van der Waals surface area contributed by atoms with E-state index in [-0.39, 0.29) is 29.1 Å². The van der Waals surface area contributed by atoms with E-state index in [4.69, 9.17) is 0 Å². The van der Waals surface area contributed by atoms with E-state index in [0.29, 0.717) is 12.1 Å². The molecule has 0 bridgehead atoms. The Labute approximate surface area is 146 Å². The van der Waals surface area contributed by atoms with Gasteiger partial charge < -0.3 is 10.0 Å². The zero-order valence-corrected chi connectivity index (χ0v) is 14.9. The Morgan fingerprint density at radius 1 is 1.36 bits per heavy atom. The van der Waals surface area contributed by atoms with Gasteiger partial charge in [-0.2, -0.15) is 0 Å². The summed E-state index contributed by atoms with van der Waals surface area (Å²) in [6, 6.07) is 7.21. The number of nitrogens with zero attached hydrogens (tertiary/aromatic N) is 4. The molecule has 0 spiro atoms. The van der Waals surface area contributed by atoms with Gasteiger partial charge in [0.2, 0.25) is 5.69 Å². The Morgan fingerprint density at radius 2 is 2.08 bits per heavy atom. The summed E-state index contributed by atoms with van der Waals surface area (Å²) in [5.41, 5.74) is 1.52. The highest BCUT2D eigenvalue weighted by Crippen LogP contribution is 2.25. The molecule has 9 heteroatoms. The number of hydrogen-bond acceptors (Lipinski definition) is 6. The molecule has 1 saturated heterocycles. The second kappa shape index (κ2) is 6.47. The standard InChI is InChI=1S/C16H20N4O4S/c1-3-11-6-4-5-7-13(11)20-17-14(16(21)22)15(18-20)19(2)12-8-9-25(23,24)10-12/h4-7,12H,3,8-10H2,1-2H3,(H,21,22). The van der Waals surface area contributed by atoms with E-state index < -0.39 is 15.8 Å². The summed E-state index contributed by atoms with van der Waals surface area (Å²) in [6.45, 7) is 2.00. The van der Waals surface area contributed by atoms with Crippen molar-refractivity contribution in [2.24, 2.45) is 0 Å². The van der Waals surface area contributed by atoms with Gasteiger partial charge in [-0.05, 0) is 24.5 Å². The number of carbonyl (C=O) groups is 1. The molecule has 1 fully saturated rings. The van der Waals surface area contributed by atoms with Gasteiger partial charge in [0, 0.05) is 13.1 Å². The first-order valence-electron chi connectivity index (χ1n) is 8.04. The van der Waals surface area contributed by atoms with Crippen LogP contribution >= 0.6 is 0 Å². The number of rotatable bonds is 5. The second-order valence-electron chi connectivity index (χ2n) is 6.12. The molecule has 3 rings (SSSR count). The zero-order chi connectivity index (χ0) is 18.2. The number of aromatic nitrogens is 3. The molecular formula is C16H20N4O4S. The highest BCUT2D eigenvalue weighted by atomic mass is 32.2. The van der Waals surface area contributed by atoms with Gasteiger partial charge in [-0.3, -0.25) is 0 Å². The number of anilines is 1. The van der Waals surface area contributed by atoms with Crippen molar-refractivity contribution in [1.82, 2.24) is 15.0 Å². The Morgan fingerprint density at radius 3 is 2.68 bits per heavy atom. The lowest BCUT2D eigenvalue weighted by molar-refractivity contribution is 0.0690. The van der Waals surface area contributed by atoms with Crippen LogP contribution in [0.15, 0.2) is 24.3 Å². The first kappa shape index (κ1) is 17.4. The fourth-order valence-electron chi connectivity index (χ4n) is 3.04. The van der Waals surface area contributed by atoms with Gasteiger partial charge in [0.15, 0.2) is 15.7 Å². The summed E-state index contributed by atoms with van der Waals surface area (Å²) in [5, 5.41) is 18.0. The number of carboxylic acid groups (broad SMARTS) is 1. The summed E-state index contributed by atoms with van der Waals surface area (Å²) in [6.07, 6.45) is 1.21. The lowest BCUT2D eigenvalue weighted by Crippen LogP contribution is -2.34. The lowest BCUT2D eigenvalue weighted by atomic mass is 10.1. The first-order chi connectivity index (χ1) is 11.8. The Balaban J connectivity index is 2.02. The zero-order valence-electron chi connectivity index (χ0n) is 14.1. The monoisotopic (exact) mass is 364 g/mol. The smallest absolute Gasteiger partial charge is 0.360 e. The Bertz CT molecular complexity index is 907. The third-order valence-electron chi connectivity index (χ3n) is 4.48. The molecule has 1 aliphatic rings. The van der Waals surface area contributed by atoms with E-state index in [1.165, 1.54) is 4.80 Å². The van der Waals surface area contributed by atoms with Crippen LogP contribution in [0.3, 0.4) is 0 Å². The Kier molecular flexibility index (Phi) is 4.51. The molecule has 1 N–H and O–H groups in total. The predicted octanol–water partition coefficient (Wildman–Crippen LogP) is 1.15. The van der Waals surface area contributed by atoms with Crippen LogP contribution in [0.1, 0.15) is 29.4 Å². The van der Waals surface area contributed by atoms with Crippen molar-refractivity contribution in [2.45, 2.75) is 25.8 Å². The molecule has 1 unspecified atom stereocenters. The van der Waals surface area contributed by atoms with Crippen LogP contribution in [0.25, 0.3) is 5.69 Å². The van der Waals surface area contributed by atoms with Crippen LogP contribution < -0.4 is 4.90 Å². The topological polar surface area (TPSA) is 105 Å². The number of benzene rings is 1. The number of aromatic carboxylic acids is 1. The summed E-state index contributed by atoms with van der Waals surface area (Å²) in [4.78, 5) is 14.5. The second-order valence-corrected chi connectivity index (χ2v) is 8.35. The highest BCUT2D eigenvalue weighted by molar-refractivity contribution is 7.91. The van der Waals surface area contributed by atoms with Crippen LogP contribution in [-0.4, -0.2) is 59.1 Å². The van der Waals surface area contributed by atoms with E-state index in [0.717, 1.165) is 12.0 Å². The van der Waals surface area contributed by atoms with Crippen LogP contribution in [0.5, 0.6) is 0 Å². The van der Waals surface area contributed by atoms with Crippen LogP contribution in [0.2, 0.25) is 0 Å². The maximum atomic E-state index is 11.7. The minimum atomic E-state index is -3.08. The maximum absolute atomic E-state index is 11.7. The number of sulfone groups is 1. The van der Waals surface area contributed by atoms with Gasteiger partial charge in [0.25, 0.3) is 0 Å². The number of aryl methyl sites for hydroxylation is 1. The minimum absolute atomic E-state index is 0.000958. The average Bonchev–Trinajstić information content (AvgIpc) is 3.17. The molecule has 134 valence electrons. The summed E-state index contributed by atoms with van der Waals surface area (Å²) < 4.78 is 23.4. The average molecular weight is 364 g/mol. The van der Waals surface area contributed by atoms with E-state index in [1.807, 2.05) is 31.2 Å². The fourth-order valence-corrected chi connectivity index (χ4v) is 4.82. The molecule has 0 aliphatic carbocycles. The molecule has 2 aromatic rings. The molecular weight excluding hydrogens is 344 g/mol. The molecule has 0 radical (unpaired) electrons. The molecule has 0 amide bonds. The number of hydrogen-bond donors (Lipinski definition) is 1. The molecule has 8 nitrogen and oxygen atoms in total. The molecule has 25 heavy (non-hydrogen) atoms. The molecule has 0 saturated carbocycles. The van der Waals surface area contributed by atoms with Crippen LogP contribution in [0.4, 0.5) is 5.82 Å². The van der Waals surface area contributed by atoms with Gasteiger partial charge >= 0.3 is 5.97 Å². The molecule has 1 atom stereocenters. The summed E-state index contributed by atoms with van der Waals surface area (Å²) in [5.74, 6) is -0.901. The van der Waals surface area contributed by atoms with Crippen LogP contribution in [0, 0.1) is 0 Å². The molecule has 2 heterocycles. The minimum Gasteiger partial charge on any atom is -0.476 e. The van der Waals surface area contributed by atoms with Gasteiger partial charge in [-0.1, -0.05) is 25.1 Å². The van der Waals surface area contributed by atoms with Crippen molar-refractivity contribution in [1.29, 1.82) is 0 Å². The van der Waals surface area contributed by atoms with Crippen molar-refractivity contribution in [2.75, 3.05) is 23.5 Å². The quantitative estimate of drug-likeness (QED) is 0.848. The SMILES string of the molecule is CCc1ccccc1-n1nc(C(=O)O)c(N(C)C2CCS(=O)(=O)C2)n1. The van der Waals surface area contributed by atoms with Crippen LogP contribution in [-0.2, 0) is 16.3 Å². The predicted molar refractivity (Wildman–Crippen MR) is 93.2 cm³/mol. The summed E-state index contributed by atoms with van der Waals surface area (Å²) >= 11 is 0.